The molecule has 0 amide bonds. The Labute approximate surface area is 97.9 Å². The molecule has 1 heterocycles. The molecule has 1 aromatic carbocycles. The molecule has 2 aromatic rings. The molecule has 86 valence electrons. The minimum Gasteiger partial charge on any atom is -0.275 e. The molecule has 0 fully saturated rings. The summed E-state index contributed by atoms with van der Waals surface area (Å²) in [6, 6.07) is 8.46. The van der Waals surface area contributed by atoms with Gasteiger partial charge in [0.1, 0.15) is 0 Å². The standard InChI is InChI=1S/C12H14N2.C2H6/c1-9-4-6-11(7-5-9)12-10(2)8-14(3)13-12;1-2/h4-8H,1-3H3;1-2H3. The first-order valence-electron chi connectivity index (χ1n) is 5.74. The minimum atomic E-state index is 1.08. The summed E-state index contributed by atoms with van der Waals surface area (Å²) in [6.07, 6.45) is 2.04. The second kappa shape index (κ2) is 5.50. The van der Waals surface area contributed by atoms with E-state index in [2.05, 4.69) is 43.2 Å². The van der Waals surface area contributed by atoms with Gasteiger partial charge in [0.2, 0.25) is 0 Å². The molecule has 2 nitrogen and oxygen atoms in total. The fourth-order valence-electron chi connectivity index (χ4n) is 1.60. The van der Waals surface area contributed by atoms with E-state index >= 15 is 0 Å². The van der Waals surface area contributed by atoms with Crippen LogP contribution in [0.2, 0.25) is 0 Å². The number of aryl methyl sites for hydroxylation is 3. The van der Waals surface area contributed by atoms with Gasteiger partial charge in [0.05, 0.1) is 5.69 Å². The van der Waals surface area contributed by atoms with Gasteiger partial charge in [0.25, 0.3) is 0 Å². The summed E-state index contributed by atoms with van der Waals surface area (Å²) >= 11 is 0. The number of hydrogen-bond donors (Lipinski definition) is 0. The summed E-state index contributed by atoms with van der Waals surface area (Å²) in [6.45, 7) is 8.18. The van der Waals surface area contributed by atoms with Crippen LogP contribution in [0.15, 0.2) is 30.5 Å². The van der Waals surface area contributed by atoms with Crippen LogP contribution in [0.5, 0.6) is 0 Å². The second-order valence-corrected chi connectivity index (χ2v) is 3.70. The van der Waals surface area contributed by atoms with Crippen molar-refractivity contribution in [2.24, 2.45) is 7.05 Å². The minimum absolute atomic E-state index is 1.08. The van der Waals surface area contributed by atoms with Gasteiger partial charge in [-0.25, -0.2) is 0 Å². The lowest BCUT2D eigenvalue weighted by Crippen LogP contribution is -1.87. The molecule has 2 rings (SSSR count). The molecule has 2 heteroatoms. The molecule has 0 aliphatic heterocycles. The van der Waals surface area contributed by atoms with Crippen LogP contribution >= 0.6 is 0 Å². The van der Waals surface area contributed by atoms with E-state index in [1.54, 1.807) is 0 Å². The molecule has 0 bridgehead atoms. The quantitative estimate of drug-likeness (QED) is 0.710. The summed E-state index contributed by atoms with van der Waals surface area (Å²) < 4.78 is 1.85. The van der Waals surface area contributed by atoms with Crippen molar-refractivity contribution in [1.82, 2.24) is 9.78 Å². The van der Waals surface area contributed by atoms with Crippen molar-refractivity contribution in [3.63, 3.8) is 0 Å². The summed E-state index contributed by atoms with van der Waals surface area (Å²) in [7, 11) is 1.95. The van der Waals surface area contributed by atoms with Crippen LogP contribution < -0.4 is 0 Å². The second-order valence-electron chi connectivity index (χ2n) is 3.70. The smallest absolute Gasteiger partial charge is 0.0952 e. The van der Waals surface area contributed by atoms with Crippen LogP contribution in [0.4, 0.5) is 0 Å². The van der Waals surface area contributed by atoms with E-state index in [-0.39, 0.29) is 0 Å². The van der Waals surface area contributed by atoms with E-state index in [9.17, 15) is 0 Å². The van der Waals surface area contributed by atoms with E-state index in [1.807, 2.05) is 31.8 Å². The fourth-order valence-corrected chi connectivity index (χ4v) is 1.60. The Bertz CT molecular complexity index is 438. The molecule has 0 spiro atoms. The van der Waals surface area contributed by atoms with E-state index in [1.165, 1.54) is 16.7 Å². The average molecular weight is 216 g/mol. The van der Waals surface area contributed by atoms with E-state index in [4.69, 9.17) is 0 Å². The van der Waals surface area contributed by atoms with Crippen molar-refractivity contribution < 1.29 is 0 Å². The third-order valence-electron chi connectivity index (χ3n) is 2.34. The maximum Gasteiger partial charge on any atom is 0.0952 e. The summed E-state index contributed by atoms with van der Waals surface area (Å²) in [5, 5.41) is 4.43. The average Bonchev–Trinajstić information content (AvgIpc) is 2.62. The number of benzene rings is 1. The molecular weight excluding hydrogens is 196 g/mol. The first-order valence-corrected chi connectivity index (χ1v) is 5.74. The Balaban J connectivity index is 0.000000606. The van der Waals surface area contributed by atoms with E-state index < -0.39 is 0 Å². The van der Waals surface area contributed by atoms with Gasteiger partial charge < -0.3 is 0 Å². The van der Waals surface area contributed by atoms with Crippen molar-refractivity contribution in [3.8, 4) is 11.3 Å². The third kappa shape index (κ3) is 2.72. The zero-order chi connectivity index (χ0) is 12.1. The Morgan fingerprint density at radius 3 is 2.00 bits per heavy atom. The number of hydrogen-bond acceptors (Lipinski definition) is 1. The van der Waals surface area contributed by atoms with Crippen LogP contribution in [0.25, 0.3) is 11.3 Å². The molecule has 16 heavy (non-hydrogen) atoms. The van der Waals surface area contributed by atoms with E-state index in [0.717, 1.165) is 5.69 Å². The van der Waals surface area contributed by atoms with Gasteiger partial charge in [-0.2, -0.15) is 5.10 Å². The normalized spacial score (nSPS) is 9.56. The van der Waals surface area contributed by atoms with Crippen LogP contribution in [0.3, 0.4) is 0 Å². The van der Waals surface area contributed by atoms with Crippen LogP contribution in [0, 0.1) is 13.8 Å². The van der Waals surface area contributed by atoms with Crippen LogP contribution in [-0.4, -0.2) is 9.78 Å². The van der Waals surface area contributed by atoms with Crippen molar-refractivity contribution in [1.29, 1.82) is 0 Å². The van der Waals surface area contributed by atoms with Gasteiger partial charge in [-0.05, 0) is 19.4 Å². The van der Waals surface area contributed by atoms with Crippen molar-refractivity contribution in [2.45, 2.75) is 27.7 Å². The summed E-state index contributed by atoms with van der Waals surface area (Å²) in [4.78, 5) is 0. The lowest BCUT2D eigenvalue weighted by Gasteiger charge is -1.98. The monoisotopic (exact) mass is 216 g/mol. The first kappa shape index (κ1) is 12.5. The maximum atomic E-state index is 4.43. The van der Waals surface area contributed by atoms with Gasteiger partial charge in [-0.15, -0.1) is 0 Å². The highest BCUT2D eigenvalue weighted by Crippen LogP contribution is 2.21. The first-order chi connectivity index (χ1) is 7.66. The maximum absolute atomic E-state index is 4.43. The van der Waals surface area contributed by atoms with Gasteiger partial charge in [0.15, 0.2) is 0 Å². The van der Waals surface area contributed by atoms with E-state index in [0.29, 0.717) is 0 Å². The Morgan fingerprint density at radius 1 is 1.00 bits per heavy atom. The molecule has 0 atom stereocenters. The Hall–Kier alpha value is -1.57. The number of rotatable bonds is 1. The largest absolute Gasteiger partial charge is 0.275 e. The highest BCUT2D eigenvalue weighted by molar-refractivity contribution is 5.62. The van der Waals surface area contributed by atoms with Gasteiger partial charge in [0, 0.05) is 18.8 Å². The highest BCUT2D eigenvalue weighted by atomic mass is 15.2. The molecule has 0 N–H and O–H groups in total. The fraction of sp³-hybridized carbons (Fsp3) is 0.357. The zero-order valence-electron chi connectivity index (χ0n) is 10.8. The van der Waals surface area contributed by atoms with Crippen molar-refractivity contribution in [3.05, 3.63) is 41.6 Å². The topological polar surface area (TPSA) is 17.8 Å². The van der Waals surface area contributed by atoms with Gasteiger partial charge in [-0.1, -0.05) is 43.7 Å². The van der Waals surface area contributed by atoms with Crippen molar-refractivity contribution in [2.75, 3.05) is 0 Å². The molecule has 0 radical (unpaired) electrons. The number of nitrogens with zero attached hydrogens (tertiary/aromatic N) is 2. The molecule has 1 aromatic heterocycles. The molecule has 0 aliphatic rings. The molecular formula is C14H20N2. The number of aromatic nitrogens is 2. The van der Waals surface area contributed by atoms with Crippen molar-refractivity contribution >= 4 is 0 Å². The SMILES string of the molecule is CC.Cc1ccc(-c2nn(C)cc2C)cc1. The highest BCUT2D eigenvalue weighted by Gasteiger charge is 2.04. The van der Waals surface area contributed by atoms with Gasteiger partial charge >= 0.3 is 0 Å². The van der Waals surface area contributed by atoms with Crippen LogP contribution in [-0.2, 0) is 7.05 Å². The molecule has 0 aliphatic carbocycles. The summed E-state index contributed by atoms with van der Waals surface area (Å²) in [5.41, 5.74) is 4.76. The predicted molar refractivity (Wildman–Crippen MR) is 69.5 cm³/mol. The Morgan fingerprint density at radius 2 is 1.56 bits per heavy atom. The summed E-state index contributed by atoms with van der Waals surface area (Å²) in [5.74, 6) is 0. The van der Waals surface area contributed by atoms with Crippen LogP contribution in [0.1, 0.15) is 25.0 Å². The lowest BCUT2D eigenvalue weighted by atomic mass is 10.1. The zero-order valence-corrected chi connectivity index (χ0v) is 10.8. The predicted octanol–water partition coefficient (Wildman–Crippen LogP) is 3.73. The molecule has 0 saturated carbocycles. The molecule has 0 unspecified atom stereocenters. The van der Waals surface area contributed by atoms with Gasteiger partial charge in [-0.3, -0.25) is 4.68 Å². The Kier molecular flexibility index (Phi) is 4.29. The molecule has 0 saturated heterocycles. The lowest BCUT2D eigenvalue weighted by molar-refractivity contribution is 0.770. The third-order valence-corrected chi connectivity index (χ3v) is 2.34.